The molecular weight excluding hydrogens is 388 g/mol. The molecule has 0 atom stereocenters. The van der Waals surface area contributed by atoms with Crippen LogP contribution in [0.3, 0.4) is 0 Å². The van der Waals surface area contributed by atoms with Crippen LogP contribution in [0, 0.1) is 11.3 Å². The van der Waals surface area contributed by atoms with Crippen LogP contribution in [0.5, 0.6) is 11.5 Å². The molecule has 0 aliphatic carbocycles. The van der Waals surface area contributed by atoms with Crippen LogP contribution in [0.4, 0.5) is 5.82 Å². The van der Waals surface area contributed by atoms with Gasteiger partial charge in [0, 0.05) is 18.7 Å². The van der Waals surface area contributed by atoms with Crippen molar-refractivity contribution in [2.75, 3.05) is 38.6 Å². The third-order valence-electron chi connectivity index (χ3n) is 5.59. The van der Waals surface area contributed by atoms with E-state index in [0.717, 1.165) is 43.1 Å². The summed E-state index contributed by atoms with van der Waals surface area (Å²) in [4.78, 5) is 7.22. The van der Waals surface area contributed by atoms with E-state index in [1.165, 1.54) is 12.8 Å². The number of rotatable bonds is 7. The highest BCUT2D eigenvalue weighted by molar-refractivity contribution is 5.77. The summed E-state index contributed by atoms with van der Waals surface area (Å²) in [6.45, 7) is 4.09. The molecule has 1 aliphatic rings. The smallest absolute Gasteiger partial charge is 0.127 e. The summed E-state index contributed by atoms with van der Waals surface area (Å²) in [6, 6.07) is 18.7. The summed E-state index contributed by atoms with van der Waals surface area (Å²) < 4.78 is 5.33. The Kier molecular flexibility index (Phi) is 6.34. The van der Waals surface area contributed by atoms with E-state index in [1.807, 2.05) is 24.3 Å². The molecular formula is C25H26N4O2. The summed E-state index contributed by atoms with van der Waals surface area (Å²) in [5.74, 6) is 1.55. The molecule has 0 unspecified atom stereocenters. The lowest BCUT2D eigenvalue weighted by Crippen LogP contribution is -2.26. The molecule has 2 N–H and O–H groups in total. The van der Waals surface area contributed by atoms with Crippen molar-refractivity contribution in [1.29, 1.82) is 5.26 Å². The van der Waals surface area contributed by atoms with Crippen molar-refractivity contribution in [1.82, 2.24) is 9.88 Å². The maximum atomic E-state index is 10.5. The molecule has 158 valence electrons. The van der Waals surface area contributed by atoms with Gasteiger partial charge < -0.3 is 20.1 Å². The maximum Gasteiger partial charge on any atom is 0.127 e. The van der Waals surface area contributed by atoms with Gasteiger partial charge in [-0.3, -0.25) is 0 Å². The van der Waals surface area contributed by atoms with Crippen molar-refractivity contribution in [3.8, 4) is 40.0 Å². The van der Waals surface area contributed by atoms with E-state index >= 15 is 0 Å². The van der Waals surface area contributed by atoms with Gasteiger partial charge in [-0.25, -0.2) is 4.98 Å². The Bertz CT molecular complexity index is 1080. The van der Waals surface area contributed by atoms with Gasteiger partial charge in [0.05, 0.1) is 24.4 Å². The molecule has 0 saturated carbocycles. The Morgan fingerprint density at radius 1 is 1.06 bits per heavy atom. The van der Waals surface area contributed by atoms with Crippen molar-refractivity contribution in [3.05, 3.63) is 60.2 Å². The number of benzene rings is 2. The predicted molar refractivity (Wildman–Crippen MR) is 122 cm³/mol. The number of hydrogen-bond acceptors (Lipinski definition) is 6. The van der Waals surface area contributed by atoms with Crippen LogP contribution in [0.1, 0.15) is 18.4 Å². The van der Waals surface area contributed by atoms with Gasteiger partial charge >= 0.3 is 0 Å². The molecule has 1 aromatic heterocycles. The number of anilines is 1. The Morgan fingerprint density at radius 2 is 1.84 bits per heavy atom. The maximum absolute atomic E-state index is 10.5. The number of methoxy groups -OCH3 is 1. The predicted octanol–water partition coefficient (Wildman–Crippen LogP) is 4.51. The Balaban J connectivity index is 1.68. The number of nitrogens with zero attached hydrogens (tertiary/aromatic N) is 3. The molecule has 0 amide bonds. The van der Waals surface area contributed by atoms with Gasteiger partial charge in [0.2, 0.25) is 0 Å². The largest absolute Gasteiger partial charge is 0.507 e. The number of hydrogen-bond donors (Lipinski definition) is 2. The van der Waals surface area contributed by atoms with Crippen LogP contribution in [0.15, 0.2) is 54.6 Å². The van der Waals surface area contributed by atoms with Gasteiger partial charge in [0.25, 0.3) is 0 Å². The molecule has 0 spiro atoms. The lowest BCUT2D eigenvalue weighted by Gasteiger charge is -2.16. The van der Waals surface area contributed by atoms with Crippen LogP contribution in [0.2, 0.25) is 0 Å². The highest BCUT2D eigenvalue weighted by Crippen LogP contribution is 2.35. The number of phenolic OH excluding ortho intramolecular Hbond substituents is 1. The zero-order valence-corrected chi connectivity index (χ0v) is 17.6. The van der Waals surface area contributed by atoms with Gasteiger partial charge in [0.1, 0.15) is 17.3 Å². The fourth-order valence-electron chi connectivity index (χ4n) is 3.86. The summed E-state index contributed by atoms with van der Waals surface area (Å²) in [6.07, 6.45) is 2.54. The van der Waals surface area contributed by atoms with Crippen LogP contribution >= 0.6 is 0 Å². The standard InChI is InChI=1S/C25H26N4O2/c1-31-21-8-9-24(30)22(16-21)23-14-20(19-6-4-18(17-26)5-7-19)15-25(28-23)27-10-13-29-11-2-3-12-29/h4-9,14-16,30H,2-3,10-13H2,1H3,(H,27,28). The van der Waals surface area contributed by atoms with Crippen molar-refractivity contribution in [2.24, 2.45) is 0 Å². The minimum absolute atomic E-state index is 0.147. The second kappa shape index (κ2) is 9.50. The van der Waals surface area contributed by atoms with E-state index in [9.17, 15) is 5.11 Å². The summed E-state index contributed by atoms with van der Waals surface area (Å²) >= 11 is 0. The summed E-state index contributed by atoms with van der Waals surface area (Å²) in [5.41, 5.74) is 3.82. The van der Waals surface area contributed by atoms with E-state index < -0.39 is 0 Å². The van der Waals surface area contributed by atoms with Crippen molar-refractivity contribution >= 4 is 5.82 Å². The topological polar surface area (TPSA) is 81.4 Å². The number of likely N-dealkylation sites (tertiary alicyclic amines) is 1. The SMILES string of the molecule is COc1ccc(O)c(-c2cc(-c3ccc(C#N)cc3)cc(NCCN3CCCC3)n2)c1. The molecule has 31 heavy (non-hydrogen) atoms. The third kappa shape index (κ3) is 4.96. The molecule has 0 radical (unpaired) electrons. The summed E-state index contributed by atoms with van der Waals surface area (Å²) in [7, 11) is 1.60. The molecule has 4 rings (SSSR count). The van der Waals surface area contributed by atoms with E-state index in [4.69, 9.17) is 15.0 Å². The monoisotopic (exact) mass is 414 g/mol. The second-order valence-electron chi connectivity index (χ2n) is 7.67. The van der Waals surface area contributed by atoms with Crippen LogP contribution in [-0.2, 0) is 0 Å². The first kappa shape index (κ1) is 20.7. The fraction of sp³-hybridized carbons (Fsp3) is 0.280. The van der Waals surface area contributed by atoms with E-state index in [1.54, 1.807) is 37.4 Å². The molecule has 2 aromatic carbocycles. The molecule has 2 heterocycles. The first-order valence-electron chi connectivity index (χ1n) is 10.5. The Hall–Kier alpha value is -3.56. The number of aromatic nitrogens is 1. The van der Waals surface area contributed by atoms with Gasteiger partial charge in [-0.2, -0.15) is 5.26 Å². The molecule has 1 aliphatic heterocycles. The first-order valence-corrected chi connectivity index (χ1v) is 10.5. The average Bonchev–Trinajstić information content (AvgIpc) is 3.33. The molecule has 0 bridgehead atoms. The van der Waals surface area contributed by atoms with E-state index in [-0.39, 0.29) is 5.75 Å². The number of nitriles is 1. The molecule has 6 nitrogen and oxygen atoms in total. The minimum atomic E-state index is 0.147. The Morgan fingerprint density at radius 3 is 2.55 bits per heavy atom. The van der Waals surface area contributed by atoms with Crippen molar-refractivity contribution < 1.29 is 9.84 Å². The average molecular weight is 415 g/mol. The van der Waals surface area contributed by atoms with Gasteiger partial charge in [-0.05, 0) is 79.5 Å². The number of nitrogens with one attached hydrogen (secondary N) is 1. The van der Waals surface area contributed by atoms with E-state index in [0.29, 0.717) is 22.6 Å². The zero-order chi connectivity index (χ0) is 21.6. The van der Waals surface area contributed by atoms with Crippen LogP contribution in [-0.4, -0.2) is 48.3 Å². The van der Waals surface area contributed by atoms with Crippen molar-refractivity contribution in [2.45, 2.75) is 12.8 Å². The third-order valence-corrected chi connectivity index (χ3v) is 5.59. The second-order valence-corrected chi connectivity index (χ2v) is 7.67. The number of phenols is 1. The zero-order valence-electron chi connectivity index (χ0n) is 17.6. The Labute approximate surface area is 182 Å². The van der Waals surface area contributed by atoms with Crippen LogP contribution in [0.25, 0.3) is 22.4 Å². The molecule has 6 heteroatoms. The lowest BCUT2D eigenvalue weighted by atomic mass is 10.0. The molecule has 1 fully saturated rings. The fourth-order valence-corrected chi connectivity index (χ4v) is 3.86. The normalized spacial score (nSPS) is 13.7. The highest BCUT2D eigenvalue weighted by Gasteiger charge is 2.13. The van der Waals surface area contributed by atoms with Gasteiger partial charge in [-0.15, -0.1) is 0 Å². The molecule has 3 aromatic rings. The molecule has 1 saturated heterocycles. The van der Waals surface area contributed by atoms with Gasteiger partial charge in [0.15, 0.2) is 0 Å². The minimum Gasteiger partial charge on any atom is -0.507 e. The lowest BCUT2D eigenvalue weighted by molar-refractivity contribution is 0.352. The number of pyridine rings is 1. The quantitative estimate of drug-likeness (QED) is 0.592. The van der Waals surface area contributed by atoms with Gasteiger partial charge in [-0.1, -0.05) is 12.1 Å². The first-order chi connectivity index (χ1) is 15.2. The number of ether oxygens (including phenoxy) is 1. The highest BCUT2D eigenvalue weighted by atomic mass is 16.5. The van der Waals surface area contributed by atoms with E-state index in [2.05, 4.69) is 16.3 Å². The summed E-state index contributed by atoms with van der Waals surface area (Å²) in [5, 5.41) is 23.0. The number of aromatic hydroxyl groups is 1. The van der Waals surface area contributed by atoms with Crippen molar-refractivity contribution in [3.63, 3.8) is 0 Å². The van der Waals surface area contributed by atoms with Crippen LogP contribution < -0.4 is 10.1 Å².